The Morgan fingerprint density at radius 3 is 1.44 bits per heavy atom. The third kappa shape index (κ3) is 10.8. The van der Waals surface area contributed by atoms with E-state index in [1.165, 1.54) is 6.04 Å². The summed E-state index contributed by atoms with van der Waals surface area (Å²) in [7, 11) is -3.77. The molecule has 0 radical (unpaired) electrons. The van der Waals surface area contributed by atoms with Crippen molar-refractivity contribution in [1.29, 1.82) is 0 Å². The second-order valence-electron chi connectivity index (χ2n) is 16.2. The first kappa shape index (κ1) is 36.3. The van der Waals surface area contributed by atoms with Crippen molar-refractivity contribution >= 4 is 16.4 Å². The van der Waals surface area contributed by atoms with Crippen LogP contribution < -0.4 is 0 Å². The molecule has 0 aromatic carbocycles. The first-order valence-electron chi connectivity index (χ1n) is 14.9. The Kier molecular flexibility index (Phi) is 12.3. The topological polar surface area (TPSA) is 49.7 Å². The summed E-state index contributed by atoms with van der Waals surface area (Å²) in [6, 6.07) is 1.22. The smallest absolute Gasteiger partial charge is 0.192 e. The molecule has 0 saturated heterocycles. The normalized spacial score (nSPS) is 19.5. The van der Waals surface area contributed by atoms with Gasteiger partial charge in [-0.2, -0.15) is 0 Å². The lowest BCUT2D eigenvalue weighted by atomic mass is 9.73. The second-order valence-corrected chi connectivity index (χ2v) is 26.3. The van der Waals surface area contributed by atoms with Gasteiger partial charge in [-0.25, -0.2) is 0 Å². The van der Waals surface area contributed by atoms with Crippen LogP contribution in [0.15, 0.2) is 0 Å². The SMILES string of the molecule is CCC(C)(O)CC(C)(CC)CC[Si](C)(C)C(C)(C)O[Si](C)(C)C(C)(C)CCC(C)(CC)CC(C)(C)O. The molecule has 0 aliphatic carbocycles. The third-order valence-electron chi connectivity index (χ3n) is 10.6. The number of rotatable bonds is 17. The third-order valence-corrected chi connectivity index (χ3v) is 20.2. The van der Waals surface area contributed by atoms with Crippen LogP contribution in [0.3, 0.4) is 0 Å². The van der Waals surface area contributed by atoms with Crippen LogP contribution in [0, 0.1) is 10.8 Å². The van der Waals surface area contributed by atoms with Gasteiger partial charge in [0.25, 0.3) is 0 Å². The second kappa shape index (κ2) is 12.2. The Bertz CT molecular complexity index is 676. The molecular formula is C31H68O3Si2. The van der Waals surface area contributed by atoms with Crippen LogP contribution in [0.4, 0.5) is 0 Å². The number of aliphatic hydroxyl groups is 2. The van der Waals surface area contributed by atoms with Crippen molar-refractivity contribution in [1.82, 2.24) is 0 Å². The minimum absolute atomic E-state index is 0.108. The molecule has 0 bridgehead atoms. The van der Waals surface area contributed by atoms with Crippen LogP contribution in [-0.4, -0.2) is 43.0 Å². The van der Waals surface area contributed by atoms with E-state index < -0.39 is 27.6 Å². The molecule has 0 aromatic heterocycles. The van der Waals surface area contributed by atoms with Crippen LogP contribution >= 0.6 is 0 Å². The van der Waals surface area contributed by atoms with E-state index in [1.54, 1.807) is 0 Å². The Labute approximate surface area is 229 Å². The highest BCUT2D eigenvalue weighted by Gasteiger charge is 2.50. The molecule has 3 atom stereocenters. The predicted molar refractivity (Wildman–Crippen MR) is 166 cm³/mol. The minimum atomic E-state index is -2.04. The molecule has 0 fully saturated rings. The van der Waals surface area contributed by atoms with E-state index in [4.69, 9.17) is 4.43 Å². The highest BCUT2D eigenvalue weighted by atomic mass is 28.4. The van der Waals surface area contributed by atoms with Crippen LogP contribution in [0.2, 0.25) is 37.3 Å². The zero-order valence-electron chi connectivity index (χ0n) is 27.7. The van der Waals surface area contributed by atoms with Crippen molar-refractivity contribution in [2.45, 2.75) is 188 Å². The highest BCUT2D eigenvalue weighted by molar-refractivity contribution is 6.82. The fraction of sp³-hybridized carbons (Fsp3) is 1.00. The number of hydrogen-bond donors (Lipinski definition) is 2. The Morgan fingerprint density at radius 2 is 1.06 bits per heavy atom. The first-order chi connectivity index (χ1) is 15.7. The molecule has 218 valence electrons. The van der Waals surface area contributed by atoms with Crippen LogP contribution in [0.1, 0.15) is 134 Å². The minimum Gasteiger partial charge on any atom is -0.415 e. The summed E-state index contributed by atoms with van der Waals surface area (Å²) in [6.07, 6.45) is 8.10. The molecule has 2 N–H and O–H groups in total. The monoisotopic (exact) mass is 544 g/mol. The van der Waals surface area contributed by atoms with Crippen molar-refractivity contribution in [3.63, 3.8) is 0 Å². The van der Waals surface area contributed by atoms with Crippen molar-refractivity contribution < 1.29 is 14.6 Å². The van der Waals surface area contributed by atoms with Gasteiger partial charge in [0.2, 0.25) is 0 Å². The molecule has 5 heteroatoms. The molecule has 0 heterocycles. The summed E-state index contributed by atoms with van der Waals surface area (Å²) in [4.78, 5) is 0. The molecule has 0 aliphatic rings. The Hall–Kier alpha value is 0.314. The standard InChI is InChI=1S/C31H68O3Si2/c1-17-29(10,24-26(4,5)32)21-20-27(6,7)36(15,16)34-28(8,9)35(13,14)23-22-30(11,18-2)25-31(12,33)19-3/h32-33H,17-25H2,1-16H3. The Balaban J connectivity index is 5.56. The van der Waals surface area contributed by atoms with Gasteiger partial charge in [-0.3, -0.25) is 0 Å². The summed E-state index contributed by atoms with van der Waals surface area (Å²) in [5.74, 6) is 0. The van der Waals surface area contributed by atoms with Gasteiger partial charge in [-0.1, -0.05) is 86.9 Å². The average molecular weight is 545 g/mol. The highest BCUT2D eigenvalue weighted by Crippen LogP contribution is 2.50. The molecule has 3 nitrogen and oxygen atoms in total. The van der Waals surface area contributed by atoms with Gasteiger partial charge in [0.05, 0.1) is 19.3 Å². The van der Waals surface area contributed by atoms with E-state index in [0.717, 1.165) is 51.4 Å². The zero-order chi connectivity index (χ0) is 29.1. The van der Waals surface area contributed by atoms with E-state index in [2.05, 4.69) is 88.5 Å². The Morgan fingerprint density at radius 1 is 0.611 bits per heavy atom. The van der Waals surface area contributed by atoms with E-state index >= 15 is 0 Å². The average Bonchev–Trinajstić information content (AvgIpc) is 2.68. The molecule has 0 aliphatic heterocycles. The van der Waals surface area contributed by atoms with E-state index in [-0.39, 0.29) is 21.1 Å². The maximum absolute atomic E-state index is 10.8. The molecular weight excluding hydrogens is 477 g/mol. The van der Waals surface area contributed by atoms with Crippen LogP contribution in [0.25, 0.3) is 0 Å². The maximum Gasteiger partial charge on any atom is 0.192 e. The molecule has 0 aromatic rings. The van der Waals surface area contributed by atoms with Gasteiger partial charge in [-0.15, -0.1) is 0 Å². The van der Waals surface area contributed by atoms with Crippen molar-refractivity contribution in [3.05, 3.63) is 0 Å². The molecule has 0 spiro atoms. The fourth-order valence-electron chi connectivity index (χ4n) is 5.61. The fourth-order valence-corrected chi connectivity index (χ4v) is 11.6. The summed E-state index contributed by atoms with van der Waals surface area (Å²) >= 11 is 0. The van der Waals surface area contributed by atoms with Crippen LogP contribution in [0.5, 0.6) is 0 Å². The molecule has 36 heavy (non-hydrogen) atoms. The molecule has 0 amide bonds. The van der Waals surface area contributed by atoms with E-state index in [9.17, 15) is 10.2 Å². The van der Waals surface area contributed by atoms with Gasteiger partial charge in [0.1, 0.15) is 0 Å². The van der Waals surface area contributed by atoms with Gasteiger partial charge in [0, 0.05) is 5.22 Å². The lowest BCUT2D eigenvalue weighted by Crippen LogP contribution is -2.59. The van der Waals surface area contributed by atoms with E-state index in [1.807, 2.05) is 20.8 Å². The van der Waals surface area contributed by atoms with Gasteiger partial charge in [0.15, 0.2) is 8.32 Å². The molecule has 3 unspecified atom stereocenters. The maximum atomic E-state index is 10.8. The number of hydrogen-bond acceptors (Lipinski definition) is 3. The van der Waals surface area contributed by atoms with Gasteiger partial charge < -0.3 is 14.6 Å². The largest absolute Gasteiger partial charge is 0.415 e. The van der Waals surface area contributed by atoms with Gasteiger partial charge >= 0.3 is 0 Å². The van der Waals surface area contributed by atoms with Gasteiger partial charge in [-0.05, 0) is 95.7 Å². The van der Waals surface area contributed by atoms with Crippen LogP contribution in [-0.2, 0) is 4.43 Å². The molecule has 0 rings (SSSR count). The van der Waals surface area contributed by atoms with Crippen molar-refractivity contribution in [2.24, 2.45) is 10.8 Å². The summed E-state index contributed by atoms with van der Waals surface area (Å²) in [5, 5.41) is 21.3. The quantitative estimate of drug-likeness (QED) is 0.179. The zero-order valence-corrected chi connectivity index (χ0v) is 29.7. The predicted octanol–water partition coefficient (Wildman–Crippen LogP) is 9.73. The summed E-state index contributed by atoms with van der Waals surface area (Å²) in [5.41, 5.74) is -0.905. The first-order valence-corrected chi connectivity index (χ1v) is 21.0. The van der Waals surface area contributed by atoms with Crippen molar-refractivity contribution in [3.8, 4) is 0 Å². The molecule has 0 saturated carbocycles. The lowest BCUT2D eigenvalue weighted by Gasteiger charge is -2.51. The summed E-state index contributed by atoms with van der Waals surface area (Å²) < 4.78 is 7.28. The lowest BCUT2D eigenvalue weighted by molar-refractivity contribution is 0.00357. The summed E-state index contributed by atoms with van der Waals surface area (Å²) in [6.45, 7) is 36.7. The van der Waals surface area contributed by atoms with Crippen molar-refractivity contribution in [2.75, 3.05) is 0 Å². The van der Waals surface area contributed by atoms with E-state index in [0.29, 0.717) is 0 Å².